The molecule has 1 aliphatic rings. The molecule has 2 aromatic carbocycles. The standard InChI is InChI=1S/C16H14BrClO2/c17-13(8-11-4-2-1-3-5-11)12-9-15-16(10-14(12)18)20-7-6-19-15/h1-5,9-10,13H,6-8H2. The van der Waals surface area contributed by atoms with Crippen molar-refractivity contribution in [1.82, 2.24) is 0 Å². The van der Waals surface area contributed by atoms with E-state index in [1.807, 2.05) is 30.3 Å². The van der Waals surface area contributed by atoms with Crippen molar-refractivity contribution in [3.05, 3.63) is 58.6 Å². The van der Waals surface area contributed by atoms with Crippen molar-refractivity contribution in [2.75, 3.05) is 13.2 Å². The number of benzene rings is 2. The number of fused-ring (bicyclic) bond motifs is 1. The Kier molecular flexibility index (Phi) is 4.18. The Hall–Kier alpha value is -1.19. The van der Waals surface area contributed by atoms with Crippen LogP contribution in [0.2, 0.25) is 5.02 Å². The molecule has 0 saturated carbocycles. The zero-order valence-electron chi connectivity index (χ0n) is 10.8. The number of hydrogen-bond acceptors (Lipinski definition) is 2. The summed E-state index contributed by atoms with van der Waals surface area (Å²) in [4.78, 5) is 0.147. The molecule has 20 heavy (non-hydrogen) atoms. The first-order valence-corrected chi connectivity index (χ1v) is 7.80. The molecule has 1 aliphatic heterocycles. The molecule has 1 unspecified atom stereocenters. The van der Waals surface area contributed by atoms with Crippen LogP contribution in [0.5, 0.6) is 11.5 Å². The van der Waals surface area contributed by atoms with E-state index in [4.69, 9.17) is 21.1 Å². The first kappa shape index (κ1) is 13.8. The maximum atomic E-state index is 6.36. The molecule has 0 amide bonds. The number of hydrogen-bond donors (Lipinski definition) is 0. The van der Waals surface area contributed by atoms with E-state index in [2.05, 4.69) is 28.1 Å². The fourth-order valence-electron chi connectivity index (χ4n) is 2.25. The molecule has 2 nitrogen and oxygen atoms in total. The summed E-state index contributed by atoms with van der Waals surface area (Å²) in [5.74, 6) is 1.50. The molecule has 0 saturated heterocycles. The normalized spacial score (nSPS) is 14.9. The van der Waals surface area contributed by atoms with Crippen LogP contribution in [-0.2, 0) is 6.42 Å². The van der Waals surface area contributed by atoms with Gasteiger partial charge < -0.3 is 9.47 Å². The van der Waals surface area contributed by atoms with Crippen LogP contribution in [0.1, 0.15) is 16.0 Å². The lowest BCUT2D eigenvalue weighted by molar-refractivity contribution is 0.171. The molecule has 0 fully saturated rings. The van der Waals surface area contributed by atoms with Crippen LogP contribution >= 0.6 is 27.5 Å². The molecule has 0 aromatic heterocycles. The van der Waals surface area contributed by atoms with E-state index in [9.17, 15) is 0 Å². The van der Waals surface area contributed by atoms with E-state index in [0.717, 1.165) is 23.5 Å². The van der Waals surface area contributed by atoms with Gasteiger partial charge in [0.1, 0.15) is 13.2 Å². The predicted octanol–water partition coefficient (Wildman–Crippen LogP) is 4.79. The highest BCUT2D eigenvalue weighted by molar-refractivity contribution is 9.09. The second kappa shape index (κ2) is 6.06. The van der Waals surface area contributed by atoms with Crippen molar-refractivity contribution in [1.29, 1.82) is 0 Å². The molecule has 0 bridgehead atoms. The van der Waals surface area contributed by atoms with E-state index in [0.29, 0.717) is 18.2 Å². The molecule has 0 radical (unpaired) electrons. The van der Waals surface area contributed by atoms with E-state index < -0.39 is 0 Å². The highest BCUT2D eigenvalue weighted by atomic mass is 79.9. The molecular weight excluding hydrogens is 340 g/mol. The molecule has 2 aromatic rings. The lowest BCUT2D eigenvalue weighted by Gasteiger charge is -2.21. The van der Waals surface area contributed by atoms with Gasteiger partial charge in [0.15, 0.2) is 11.5 Å². The van der Waals surface area contributed by atoms with Gasteiger partial charge in [0.2, 0.25) is 0 Å². The van der Waals surface area contributed by atoms with Crippen LogP contribution in [0, 0.1) is 0 Å². The summed E-state index contributed by atoms with van der Waals surface area (Å²) in [5.41, 5.74) is 2.29. The minimum absolute atomic E-state index is 0.147. The summed E-state index contributed by atoms with van der Waals surface area (Å²) in [6.45, 7) is 1.16. The fraction of sp³-hybridized carbons (Fsp3) is 0.250. The van der Waals surface area contributed by atoms with Gasteiger partial charge in [-0.05, 0) is 23.6 Å². The lowest BCUT2D eigenvalue weighted by Crippen LogP contribution is -2.15. The van der Waals surface area contributed by atoms with Crippen LogP contribution in [0.15, 0.2) is 42.5 Å². The number of ether oxygens (including phenoxy) is 2. The van der Waals surface area contributed by atoms with Crippen molar-refractivity contribution < 1.29 is 9.47 Å². The molecule has 1 atom stereocenters. The van der Waals surface area contributed by atoms with Gasteiger partial charge in [0.05, 0.1) is 0 Å². The summed E-state index contributed by atoms with van der Waals surface area (Å²) in [6, 6.07) is 14.1. The maximum absolute atomic E-state index is 6.36. The van der Waals surface area contributed by atoms with Gasteiger partial charge in [-0.1, -0.05) is 57.9 Å². The number of rotatable bonds is 3. The van der Waals surface area contributed by atoms with E-state index in [1.54, 1.807) is 0 Å². The first-order chi connectivity index (χ1) is 9.74. The zero-order chi connectivity index (χ0) is 13.9. The quantitative estimate of drug-likeness (QED) is 0.739. The molecule has 0 spiro atoms. The highest BCUT2D eigenvalue weighted by Crippen LogP contribution is 2.40. The third-order valence-electron chi connectivity index (χ3n) is 3.26. The predicted molar refractivity (Wildman–Crippen MR) is 84.3 cm³/mol. The van der Waals surface area contributed by atoms with Crippen LogP contribution in [0.25, 0.3) is 0 Å². The van der Waals surface area contributed by atoms with E-state index in [1.165, 1.54) is 5.56 Å². The number of halogens is 2. The fourth-order valence-corrected chi connectivity index (χ4v) is 3.42. The molecule has 4 heteroatoms. The minimum Gasteiger partial charge on any atom is -0.486 e. The van der Waals surface area contributed by atoms with Gasteiger partial charge in [-0.25, -0.2) is 0 Å². The summed E-state index contributed by atoms with van der Waals surface area (Å²) < 4.78 is 11.1. The van der Waals surface area contributed by atoms with Crippen molar-refractivity contribution in [3.63, 3.8) is 0 Å². The minimum atomic E-state index is 0.147. The SMILES string of the molecule is Clc1cc2c(cc1C(Br)Cc1ccccc1)OCCO2. The van der Waals surface area contributed by atoms with Crippen LogP contribution in [0.4, 0.5) is 0 Å². The third kappa shape index (κ3) is 2.94. The molecular formula is C16H14BrClO2. The first-order valence-electron chi connectivity index (χ1n) is 6.51. The second-order valence-corrected chi connectivity index (χ2v) is 6.19. The zero-order valence-corrected chi connectivity index (χ0v) is 13.2. The average Bonchev–Trinajstić information content (AvgIpc) is 2.47. The van der Waals surface area contributed by atoms with Crippen LogP contribution in [0.3, 0.4) is 0 Å². The van der Waals surface area contributed by atoms with Gasteiger partial charge in [0, 0.05) is 15.9 Å². The van der Waals surface area contributed by atoms with Gasteiger partial charge in [-0.2, -0.15) is 0 Å². The van der Waals surface area contributed by atoms with Gasteiger partial charge >= 0.3 is 0 Å². The summed E-state index contributed by atoms with van der Waals surface area (Å²) >= 11 is 10.1. The van der Waals surface area contributed by atoms with Gasteiger partial charge in [-0.15, -0.1) is 0 Å². The average molecular weight is 354 g/mol. The monoisotopic (exact) mass is 352 g/mol. The Morgan fingerprint density at radius 2 is 1.70 bits per heavy atom. The third-order valence-corrected chi connectivity index (χ3v) is 4.40. The van der Waals surface area contributed by atoms with Crippen LogP contribution in [-0.4, -0.2) is 13.2 Å². The summed E-state index contributed by atoms with van der Waals surface area (Å²) in [5, 5.41) is 0.701. The second-order valence-electron chi connectivity index (χ2n) is 4.67. The Bertz CT molecular complexity index is 601. The van der Waals surface area contributed by atoms with Crippen molar-refractivity contribution >= 4 is 27.5 Å². The Morgan fingerprint density at radius 3 is 2.40 bits per heavy atom. The largest absolute Gasteiger partial charge is 0.486 e. The molecule has 104 valence electrons. The highest BCUT2D eigenvalue weighted by Gasteiger charge is 2.19. The molecule has 0 N–H and O–H groups in total. The molecule has 3 rings (SSSR count). The number of alkyl halides is 1. The smallest absolute Gasteiger partial charge is 0.162 e. The van der Waals surface area contributed by atoms with Crippen LogP contribution < -0.4 is 9.47 Å². The van der Waals surface area contributed by atoms with E-state index >= 15 is 0 Å². The topological polar surface area (TPSA) is 18.5 Å². The molecule has 0 aliphatic carbocycles. The van der Waals surface area contributed by atoms with Gasteiger partial charge in [0.25, 0.3) is 0 Å². The van der Waals surface area contributed by atoms with Crippen molar-refractivity contribution in [2.45, 2.75) is 11.2 Å². The summed E-state index contributed by atoms with van der Waals surface area (Å²) in [6.07, 6.45) is 0.875. The van der Waals surface area contributed by atoms with E-state index in [-0.39, 0.29) is 4.83 Å². The Morgan fingerprint density at radius 1 is 1.05 bits per heavy atom. The van der Waals surface area contributed by atoms with Crippen molar-refractivity contribution in [3.8, 4) is 11.5 Å². The van der Waals surface area contributed by atoms with Gasteiger partial charge in [-0.3, -0.25) is 0 Å². The maximum Gasteiger partial charge on any atom is 0.162 e. The van der Waals surface area contributed by atoms with Crippen molar-refractivity contribution in [2.24, 2.45) is 0 Å². The summed E-state index contributed by atoms with van der Waals surface area (Å²) in [7, 11) is 0. The molecule has 1 heterocycles. The Balaban J connectivity index is 1.86. The lowest BCUT2D eigenvalue weighted by atomic mass is 10.0. The Labute approximate surface area is 131 Å².